The van der Waals surface area contributed by atoms with Crippen LogP contribution in [0.15, 0.2) is 66.7 Å². The maximum atomic E-state index is 12.9. The van der Waals surface area contributed by atoms with Crippen molar-refractivity contribution in [3.63, 3.8) is 0 Å². The molecule has 0 radical (unpaired) electrons. The second kappa shape index (κ2) is 7.82. The third-order valence-electron chi connectivity index (χ3n) is 4.73. The van der Waals surface area contributed by atoms with Gasteiger partial charge in [-0.25, -0.2) is 4.98 Å². The molecule has 4 rings (SSSR count). The SMILES string of the molecule is O=C(NCc1ccccc1Cl)c1cccc(C(=O)N2CCc3ccccc32)n1. The molecule has 0 aliphatic carbocycles. The normalized spacial score (nSPS) is 12.5. The van der Waals surface area contributed by atoms with Gasteiger partial charge in [-0.15, -0.1) is 0 Å². The molecule has 2 amide bonds. The highest BCUT2D eigenvalue weighted by Gasteiger charge is 2.26. The van der Waals surface area contributed by atoms with Gasteiger partial charge in [-0.2, -0.15) is 0 Å². The van der Waals surface area contributed by atoms with E-state index in [9.17, 15) is 9.59 Å². The number of carbonyl (C=O) groups excluding carboxylic acids is 2. The Morgan fingerprint density at radius 1 is 0.964 bits per heavy atom. The smallest absolute Gasteiger partial charge is 0.276 e. The first-order valence-corrected chi connectivity index (χ1v) is 9.40. The summed E-state index contributed by atoms with van der Waals surface area (Å²) in [4.78, 5) is 31.4. The summed E-state index contributed by atoms with van der Waals surface area (Å²) in [5.41, 5.74) is 3.32. The quantitative estimate of drug-likeness (QED) is 0.734. The second-order valence-corrected chi connectivity index (χ2v) is 6.92. The minimum atomic E-state index is -0.351. The maximum absolute atomic E-state index is 12.9. The predicted octanol–water partition coefficient (Wildman–Crippen LogP) is 3.87. The number of benzene rings is 2. The van der Waals surface area contributed by atoms with Crippen LogP contribution in [-0.4, -0.2) is 23.3 Å². The molecule has 6 heteroatoms. The van der Waals surface area contributed by atoms with E-state index in [0.717, 1.165) is 23.2 Å². The van der Waals surface area contributed by atoms with Gasteiger partial charge in [0.15, 0.2) is 0 Å². The van der Waals surface area contributed by atoms with Gasteiger partial charge < -0.3 is 10.2 Å². The van der Waals surface area contributed by atoms with E-state index < -0.39 is 0 Å². The molecule has 1 N–H and O–H groups in total. The maximum Gasteiger partial charge on any atom is 0.276 e. The molecule has 140 valence electrons. The standard InChI is InChI=1S/C22H18ClN3O2/c23-17-8-3-1-7-16(17)14-24-21(27)18-9-5-10-19(25-18)22(28)26-13-12-15-6-2-4-11-20(15)26/h1-11H,12-14H2,(H,24,27). The number of rotatable bonds is 4. The lowest BCUT2D eigenvalue weighted by molar-refractivity contribution is 0.0945. The van der Waals surface area contributed by atoms with Crippen molar-refractivity contribution in [1.29, 1.82) is 0 Å². The van der Waals surface area contributed by atoms with Crippen LogP contribution in [0, 0.1) is 0 Å². The van der Waals surface area contributed by atoms with Crippen molar-refractivity contribution < 1.29 is 9.59 Å². The lowest BCUT2D eigenvalue weighted by Gasteiger charge is -2.17. The van der Waals surface area contributed by atoms with E-state index in [1.165, 1.54) is 0 Å². The van der Waals surface area contributed by atoms with Crippen LogP contribution in [0.3, 0.4) is 0 Å². The van der Waals surface area contributed by atoms with Crippen LogP contribution in [-0.2, 0) is 13.0 Å². The first-order valence-electron chi connectivity index (χ1n) is 9.02. The largest absolute Gasteiger partial charge is 0.347 e. The second-order valence-electron chi connectivity index (χ2n) is 6.52. The van der Waals surface area contributed by atoms with Gasteiger partial charge in [0.25, 0.3) is 11.8 Å². The third kappa shape index (κ3) is 3.62. The molecule has 0 saturated carbocycles. The zero-order valence-corrected chi connectivity index (χ0v) is 15.8. The molecule has 0 bridgehead atoms. The van der Waals surface area contributed by atoms with Crippen molar-refractivity contribution in [3.8, 4) is 0 Å². The van der Waals surface area contributed by atoms with Crippen molar-refractivity contribution in [1.82, 2.24) is 10.3 Å². The molecule has 0 spiro atoms. The molecule has 1 aliphatic rings. The van der Waals surface area contributed by atoms with Crippen molar-refractivity contribution in [2.45, 2.75) is 13.0 Å². The number of carbonyl (C=O) groups is 2. The Morgan fingerprint density at radius 2 is 1.71 bits per heavy atom. The molecule has 1 aromatic heterocycles. The fraction of sp³-hybridized carbons (Fsp3) is 0.136. The Balaban J connectivity index is 1.49. The van der Waals surface area contributed by atoms with Crippen molar-refractivity contribution in [2.24, 2.45) is 0 Å². The van der Waals surface area contributed by atoms with Gasteiger partial charge in [-0.3, -0.25) is 9.59 Å². The molecule has 0 fully saturated rings. The van der Waals surface area contributed by atoms with Gasteiger partial charge in [0.2, 0.25) is 0 Å². The molecule has 5 nitrogen and oxygen atoms in total. The number of anilines is 1. The first-order chi connectivity index (χ1) is 13.6. The van der Waals surface area contributed by atoms with Gasteiger partial charge in [0.1, 0.15) is 11.4 Å². The van der Waals surface area contributed by atoms with Gasteiger partial charge in [-0.1, -0.05) is 54.1 Å². The summed E-state index contributed by atoms with van der Waals surface area (Å²) < 4.78 is 0. The number of hydrogen-bond acceptors (Lipinski definition) is 3. The molecule has 0 saturated heterocycles. The fourth-order valence-corrected chi connectivity index (χ4v) is 3.48. The van der Waals surface area contributed by atoms with Crippen molar-refractivity contribution in [2.75, 3.05) is 11.4 Å². The fourth-order valence-electron chi connectivity index (χ4n) is 3.28. The number of aromatic nitrogens is 1. The van der Waals surface area contributed by atoms with Crippen LogP contribution in [0.25, 0.3) is 0 Å². The summed E-state index contributed by atoms with van der Waals surface area (Å²) in [6.45, 7) is 0.903. The average Bonchev–Trinajstić information content (AvgIpc) is 3.16. The molecule has 2 aromatic carbocycles. The molecule has 28 heavy (non-hydrogen) atoms. The minimum absolute atomic E-state index is 0.199. The number of nitrogens with zero attached hydrogens (tertiary/aromatic N) is 2. The highest BCUT2D eigenvalue weighted by atomic mass is 35.5. The summed E-state index contributed by atoms with van der Waals surface area (Å²) in [6.07, 6.45) is 0.819. The monoisotopic (exact) mass is 391 g/mol. The predicted molar refractivity (Wildman–Crippen MR) is 109 cm³/mol. The lowest BCUT2D eigenvalue weighted by atomic mass is 10.2. The first kappa shape index (κ1) is 18.2. The van der Waals surface area contributed by atoms with E-state index in [-0.39, 0.29) is 29.7 Å². The summed E-state index contributed by atoms with van der Waals surface area (Å²) in [5, 5.41) is 3.39. The summed E-state index contributed by atoms with van der Waals surface area (Å²) in [6, 6.07) is 20.0. The number of hydrogen-bond donors (Lipinski definition) is 1. The van der Waals surface area contributed by atoms with Gasteiger partial charge >= 0.3 is 0 Å². The van der Waals surface area contributed by atoms with Crippen LogP contribution < -0.4 is 10.2 Å². The van der Waals surface area contributed by atoms with Gasteiger partial charge in [0, 0.05) is 23.8 Å². The van der Waals surface area contributed by atoms with E-state index in [4.69, 9.17) is 11.6 Å². The zero-order chi connectivity index (χ0) is 19.5. The van der Waals surface area contributed by atoms with Crippen LogP contribution in [0.1, 0.15) is 32.1 Å². The van der Waals surface area contributed by atoms with Crippen LogP contribution >= 0.6 is 11.6 Å². The highest BCUT2D eigenvalue weighted by molar-refractivity contribution is 6.31. The summed E-state index contributed by atoms with van der Waals surface area (Å²) >= 11 is 6.12. The van der Waals surface area contributed by atoms with E-state index in [1.54, 1.807) is 29.2 Å². The highest BCUT2D eigenvalue weighted by Crippen LogP contribution is 2.28. The number of para-hydroxylation sites is 1. The molecular formula is C22H18ClN3O2. The van der Waals surface area contributed by atoms with Crippen LogP contribution in [0.5, 0.6) is 0 Å². The molecule has 2 heterocycles. The topological polar surface area (TPSA) is 62.3 Å². The van der Waals surface area contributed by atoms with E-state index in [1.807, 2.05) is 42.5 Å². The molecular weight excluding hydrogens is 374 g/mol. The Morgan fingerprint density at radius 3 is 2.57 bits per heavy atom. The molecule has 1 aliphatic heterocycles. The Labute approximate surface area is 168 Å². The molecule has 0 atom stereocenters. The van der Waals surface area contributed by atoms with E-state index in [2.05, 4.69) is 10.3 Å². The van der Waals surface area contributed by atoms with E-state index in [0.29, 0.717) is 11.6 Å². The third-order valence-corrected chi connectivity index (χ3v) is 5.10. The summed E-state index contributed by atoms with van der Waals surface area (Å²) in [7, 11) is 0. The van der Waals surface area contributed by atoms with Crippen molar-refractivity contribution in [3.05, 3.63) is 94.3 Å². The number of pyridine rings is 1. The Kier molecular flexibility index (Phi) is 5.08. The molecule has 3 aromatic rings. The Bertz CT molecular complexity index is 1050. The van der Waals surface area contributed by atoms with Crippen molar-refractivity contribution >= 4 is 29.1 Å². The minimum Gasteiger partial charge on any atom is -0.347 e. The van der Waals surface area contributed by atoms with Crippen LogP contribution in [0.4, 0.5) is 5.69 Å². The van der Waals surface area contributed by atoms with Crippen LogP contribution in [0.2, 0.25) is 5.02 Å². The number of amides is 2. The number of halogens is 1. The van der Waals surface area contributed by atoms with Gasteiger partial charge in [-0.05, 0) is 41.8 Å². The zero-order valence-electron chi connectivity index (χ0n) is 15.1. The number of nitrogens with one attached hydrogen (secondary N) is 1. The average molecular weight is 392 g/mol. The number of fused-ring (bicyclic) bond motifs is 1. The van der Waals surface area contributed by atoms with Gasteiger partial charge in [0.05, 0.1) is 0 Å². The lowest BCUT2D eigenvalue weighted by Crippen LogP contribution is -2.31. The molecule has 0 unspecified atom stereocenters. The Hall–Kier alpha value is -3.18. The van der Waals surface area contributed by atoms with E-state index >= 15 is 0 Å². The summed E-state index contributed by atoms with van der Waals surface area (Å²) in [5.74, 6) is -0.554.